The lowest BCUT2D eigenvalue weighted by Gasteiger charge is -2.34. The molecule has 0 saturated carbocycles. The van der Waals surface area contributed by atoms with Gasteiger partial charge in [0.05, 0.1) is 0 Å². The third-order valence-corrected chi connectivity index (χ3v) is 4.25. The molecule has 1 atom stereocenters. The molecule has 88 valence electrons. The first-order valence-corrected chi connectivity index (χ1v) is 6.54. The molecule has 1 aliphatic rings. The van der Waals surface area contributed by atoms with E-state index in [1.807, 2.05) is 0 Å². The molecular formula is C13H19BrN2. The number of nitrogens with two attached hydrogens (primary N) is 1. The minimum absolute atomic E-state index is 0.118. The molecule has 1 fully saturated rings. The van der Waals surface area contributed by atoms with E-state index in [9.17, 15) is 0 Å². The van der Waals surface area contributed by atoms with E-state index in [0.29, 0.717) is 6.04 Å². The lowest BCUT2D eigenvalue weighted by molar-refractivity contribution is 0.154. The van der Waals surface area contributed by atoms with Crippen LogP contribution in [0.3, 0.4) is 0 Å². The molecule has 1 heterocycles. The normalized spacial score (nSPS) is 24.9. The highest BCUT2D eigenvalue weighted by Crippen LogP contribution is 2.29. The molecule has 0 amide bonds. The highest BCUT2D eigenvalue weighted by atomic mass is 79.9. The van der Waals surface area contributed by atoms with E-state index < -0.39 is 0 Å². The van der Waals surface area contributed by atoms with Gasteiger partial charge >= 0.3 is 0 Å². The van der Waals surface area contributed by atoms with Gasteiger partial charge in [0.1, 0.15) is 0 Å². The SMILES string of the molecule is CC1(C)C(N)CCN1Cc1ccc(Br)cc1. The van der Waals surface area contributed by atoms with Crippen LogP contribution in [0, 0.1) is 0 Å². The Kier molecular flexibility index (Phi) is 3.38. The predicted molar refractivity (Wildman–Crippen MR) is 71.2 cm³/mol. The summed E-state index contributed by atoms with van der Waals surface area (Å²) < 4.78 is 1.13. The average molecular weight is 283 g/mol. The Balaban J connectivity index is 2.08. The van der Waals surface area contributed by atoms with Crippen molar-refractivity contribution in [3.63, 3.8) is 0 Å². The second-order valence-electron chi connectivity index (χ2n) is 5.10. The Morgan fingerprint density at radius 3 is 2.50 bits per heavy atom. The van der Waals surface area contributed by atoms with Crippen LogP contribution in [0.1, 0.15) is 25.8 Å². The van der Waals surface area contributed by atoms with Crippen LogP contribution in [0.4, 0.5) is 0 Å². The van der Waals surface area contributed by atoms with Crippen molar-refractivity contribution in [3.05, 3.63) is 34.3 Å². The van der Waals surface area contributed by atoms with Crippen LogP contribution in [-0.2, 0) is 6.54 Å². The quantitative estimate of drug-likeness (QED) is 0.904. The maximum Gasteiger partial charge on any atom is 0.0308 e. The molecule has 1 aromatic rings. The largest absolute Gasteiger partial charge is 0.326 e. The molecule has 1 aromatic carbocycles. The first kappa shape index (κ1) is 12.1. The van der Waals surface area contributed by atoms with Crippen LogP contribution >= 0.6 is 15.9 Å². The first-order chi connectivity index (χ1) is 7.50. The van der Waals surface area contributed by atoms with Crippen LogP contribution in [0.2, 0.25) is 0 Å². The lowest BCUT2D eigenvalue weighted by Crippen LogP contribution is -2.48. The molecule has 1 saturated heterocycles. The van der Waals surface area contributed by atoms with Crippen molar-refractivity contribution in [3.8, 4) is 0 Å². The topological polar surface area (TPSA) is 29.3 Å². The van der Waals surface area contributed by atoms with Crippen LogP contribution in [0.15, 0.2) is 28.7 Å². The molecule has 1 aliphatic heterocycles. The summed E-state index contributed by atoms with van der Waals surface area (Å²) >= 11 is 3.46. The Labute approximate surface area is 106 Å². The zero-order valence-electron chi connectivity index (χ0n) is 9.91. The van der Waals surface area contributed by atoms with Crippen molar-refractivity contribution < 1.29 is 0 Å². The van der Waals surface area contributed by atoms with E-state index >= 15 is 0 Å². The number of hydrogen-bond acceptors (Lipinski definition) is 2. The molecule has 16 heavy (non-hydrogen) atoms. The van der Waals surface area contributed by atoms with E-state index in [4.69, 9.17) is 5.73 Å². The number of benzene rings is 1. The molecule has 3 heteroatoms. The molecule has 0 aliphatic carbocycles. The molecule has 0 radical (unpaired) electrons. The summed E-state index contributed by atoms with van der Waals surface area (Å²) in [6.07, 6.45) is 1.10. The van der Waals surface area contributed by atoms with Crippen molar-refractivity contribution in [1.29, 1.82) is 0 Å². The molecular weight excluding hydrogens is 264 g/mol. The van der Waals surface area contributed by atoms with Gasteiger partial charge in [-0.3, -0.25) is 4.90 Å². The molecule has 2 rings (SSSR count). The first-order valence-electron chi connectivity index (χ1n) is 5.75. The van der Waals surface area contributed by atoms with Gasteiger partial charge in [0, 0.05) is 29.1 Å². The highest BCUT2D eigenvalue weighted by molar-refractivity contribution is 9.10. The van der Waals surface area contributed by atoms with Crippen molar-refractivity contribution in [2.24, 2.45) is 5.73 Å². The minimum Gasteiger partial charge on any atom is -0.326 e. The maximum atomic E-state index is 6.13. The fourth-order valence-electron chi connectivity index (χ4n) is 2.26. The number of halogens is 1. The number of rotatable bonds is 2. The summed E-state index contributed by atoms with van der Waals surface area (Å²) in [7, 11) is 0. The van der Waals surface area contributed by atoms with E-state index in [-0.39, 0.29) is 5.54 Å². The van der Waals surface area contributed by atoms with Gasteiger partial charge in [-0.1, -0.05) is 28.1 Å². The fourth-order valence-corrected chi connectivity index (χ4v) is 2.53. The van der Waals surface area contributed by atoms with Crippen LogP contribution in [0.5, 0.6) is 0 Å². The molecule has 2 N–H and O–H groups in total. The maximum absolute atomic E-state index is 6.13. The van der Waals surface area contributed by atoms with Crippen LogP contribution < -0.4 is 5.73 Å². The van der Waals surface area contributed by atoms with E-state index in [0.717, 1.165) is 24.0 Å². The summed E-state index contributed by atoms with van der Waals surface area (Å²) in [4.78, 5) is 2.47. The van der Waals surface area contributed by atoms with Gasteiger partial charge in [0.2, 0.25) is 0 Å². The summed E-state index contributed by atoms with van der Waals surface area (Å²) in [5.41, 5.74) is 7.60. The second kappa shape index (κ2) is 4.47. The number of hydrogen-bond donors (Lipinski definition) is 1. The second-order valence-corrected chi connectivity index (χ2v) is 6.01. The van der Waals surface area contributed by atoms with Gasteiger partial charge < -0.3 is 5.73 Å². The van der Waals surface area contributed by atoms with E-state index in [1.54, 1.807) is 0 Å². The van der Waals surface area contributed by atoms with Crippen LogP contribution in [-0.4, -0.2) is 23.0 Å². The molecule has 0 spiro atoms. The standard InChI is InChI=1S/C13H19BrN2/c1-13(2)12(15)7-8-16(13)9-10-3-5-11(14)6-4-10/h3-6,12H,7-9,15H2,1-2H3. The summed E-state index contributed by atoms with van der Waals surface area (Å²) in [6, 6.07) is 8.83. The molecule has 1 unspecified atom stereocenters. The zero-order chi connectivity index (χ0) is 11.8. The molecule has 2 nitrogen and oxygen atoms in total. The van der Waals surface area contributed by atoms with E-state index in [1.165, 1.54) is 5.56 Å². The Morgan fingerprint density at radius 1 is 1.38 bits per heavy atom. The van der Waals surface area contributed by atoms with Crippen molar-refractivity contribution >= 4 is 15.9 Å². The number of nitrogens with zero attached hydrogens (tertiary/aromatic N) is 1. The summed E-state index contributed by atoms with van der Waals surface area (Å²) in [6.45, 7) is 6.57. The third-order valence-electron chi connectivity index (χ3n) is 3.72. The Hall–Kier alpha value is -0.380. The van der Waals surface area contributed by atoms with Gasteiger partial charge in [-0.15, -0.1) is 0 Å². The smallest absolute Gasteiger partial charge is 0.0308 e. The van der Waals surface area contributed by atoms with Gasteiger partial charge in [-0.05, 0) is 38.0 Å². The number of likely N-dealkylation sites (tertiary alicyclic amines) is 1. The highest BCUT2D eigenvalue weighted by Gasteiger charge is 2.38. The Bertz CT molecular complexity index is 359. The fraction of sp³-hybridized carbons (Fsp3) is 0.538. The van der Waals surface area contributed by atoms with Gasteiger partial charge in [-0.2, -0.15) is 0 Å². The molecule has 0 bridgehead atoms. The average Bonchev–Trinajstić information content (AvgIpc) is 2.48. The van der Waals surface area contributed by atoms with E-state index in [2.05, 4.69) is 58.9 Å². The van der Waals surface area contributed by atoms with Crippen molar-refractivity contribution in [1.82, 2.24) is 4.90 Å². The van der Waals surface area contributed by atoms with Crippen molar-refractivity contribution in [2.75, 3.05) is 6.54 Å². The van der Waals surface area contributed by atoms with Gasteiger partial charge in [0.15, 0.2) is 0 Å². The molecule has 0 aromatic heterocycles. The van der Waals surface area contributed by atoms with Gasteiger partial charge in [-0.25, -0.2) is 0 Å². The summed E-state index contributed by atoms with van der Waals surface area (Å²) in [5.74, 6) is 0. The summed E-state index contributed by atoms with van der Waals surface area (Å²) in [5, 5.41) is 0. The van der Waals surface area contributed by atoms with Crippen LogP contribution in [0.25, 0.3) is 0 Å². The van der Waals surface area contributed by atoms with Crippen molar-refractivity contribution in [2.45, 2.75) is 38.4 Å². The Morgan fingerprint density at radius 2 is 2.00 bits per heavy atom. The predicted octanol–water partition coefficient (Wildman–Crippen LogP) is 2.76. The zero-order valence-corrected chi connectivity index (χ0v) is 11.5. The minimum atomic E-state index is 0.118. The van der Waals surface area contributed by atoms with Gasteiger partial charge in [0.25, 0.3) is 0 Å². The third kappa shape index (κ3) is 2.31. The monoisotopic (exact) mass is 282 g/mol. The lowest BCUT2D eigenvalue weighted by atomic mass is 9.96.